The summed E-state index contributed by atoms with van der Waals surface area (Å²) in [6.07, 6.45) is 8.48. The van der Waals surface area contributed by atoms with Gasteiger partial charge in [0.2, 0.25) is 0 Å². The van der Waals surface area contributed by atoms with Crippen molar-refractivity contribution in [2.45, 2.75) is 44.8 Å². The van der Waals surface area contributed by atoms with E-state index in [1.54, 1.807) is 6.20 Å². The molecule has 0 unspecified atom stereocenters. The van der Waals surface area contributed by atoms with E-state index in [4.69, 9.17) is 10.6 Å². The van der Waals surface area contributed by atoms with Crippen LogP contribution < -0.4 is 11.3 Å². The Morgan fingerprint density at radius 3 is 2.94 bits per heavy atom. The van der Waals surface area contributed by atoms with Crippen molar-refractivity contribution in [2.75, 3.05) is 5.43 Å². The number of hydrogen-bond acceptors (Lipinski definition) is 4. The van der Waals surface area contributed by atoms with Gasteiger partial charge in [-0.3, -0.25) is 10.8 Å². The third-order valence-electron chi connectivity index (χ3n) is 3.00. The molecule has 4 nitrogen and oxygen atoms in total. The fourth-order valence-corrected chi connectivity index (χ4v) is 2.08. The number of rotatable bonds is 4. The Hall–Kier alpha value is -1.13. The van der Waals surface area contributed by atoms with Gasteiger partial charge >= 0.3 is 0 Å². The Morgan fingerprint density at radius 2 is 2.19 bits per heavy atom. The minimum Gasteiger partial charge on any atom is -0.372 e. The van der Waals surface area contributed by atoms with Gasteiger partial charge in [0.25, 0.3) is 0 Å². The summed E-state index contributed by atoms with van der Waals surface area (Å²) in [5.74, 6) is 5.34. The molecule has 1 aliphatic carbocycles. The molecule has 3 N–H and O–H groups in total. The van der Waals surface area contributed by atoms with E-state index in [-0.39, 0.29) is 0 Å². The predicted molar refractivity (Wildman–Crippen MR) is 63.7 cm³/mol. The van der Waals surface area contributed by atoms with Crippen LogP contribution in [-0.4, -0.2) is 11.1 Å². The van der Waals surface area contributed by atoms with Gasteiger partial charge in [0.05, 0.1) is 24.1 Å². The summed E-state index contributed by atoms with van der Waals surface area (Å²) < 4.78 is 5.84. The number of pyridine rings is 1. The maximum absolute atomic E-state index is 5.84. The zero-order chi connectivity index (χ0) is 11.2. The Kier molecular flexibility index (Phi) is 4.13. The van der Waals surface area contributed by atoms with E-state index in [0.29, 0.717) is 12.7 Å². The van der Waals surface area contributed by atoms with Gasteiger partial charge in [0, 0.05) is 6.20 Å². The summed E-state index contributed by atoms with van der Waals surface area (Å²) in [4.78, 5) is 4.25. The number of nitrogens with one attached hydrogen (secondary N) is 1. The van der Waals surface area contributed by atoms with Crippen LogP contribution >= 0.6 is 0 Å². The minimum absolute atomic E-state index is 0.421. The Morgan fingerprint density at radius 1 is 1.38 bits per heavy atom. The fourth-order valence-electron chi connectivity index (χ4n) is 2.08. The standard InChI is InChI=1S/C12H19N3O/c13-15-10-6-7-14-11(8-10)9-16-12-4-2-1-3-5-12/h6-8,12H,1-5,9,13H2,(H,14,15). The minimum atomic E-state index is 0.421. The number of anilines is 1. The molecule has 0 aromatic carbocycles. The summed E-state index contributed by atoms with van der Waals surface area (Å²) in [5.41, 5.74) is 4.41. The lowest BCUT2D eigenvalue weighted by atomic mass is 9.98. The van der Waals surface area contributed by atoms with Crippen LogP contribution in [0.3, 0.4) is 0 Å². The second-order valence-electron chi connectivity index (χ2n) is 4.25. The van der Waals surface area contributed by atoms with E-state index < -0.39 is 0 Å². The first kappa shape index (κ1) is 11.4. The predicted octanol–water partition coefficient (Wildman–Crippen LogP) is 2.22. The molecular weight excluding hydrogens is 202 g/mol. The largest absolute Gasteiger partial charge is 0.372 e. The summed E-state index contributed by atoms with van der Waals surface area (Å²) in [7, 11) is 0. The average Bonchev–Trinajstić information content (AvgIpc) is 2.38. The van der Waals surface area contributed by atoms with Gasteiger partial charge in [0.15, 0.2) is 0 Å². The number of hydrogen-bond donors (Lipinski definition) is 2. The maximum atomic E-state index is 5.84. The van der Waals surface area contributed by atoms with Gasteiger partial charge in [-0.15, -0.1) is 0 Å². The smallest absolute Gasteiger partial charge is 0.0892 e. The highest BCUT2D eigenvalue weighted by Crippen LogP contribution is 2.21. The van der Waals surface area contributed by atoms with Crippen LogP contribution in [0.2, 0.25) is 0 Å². The monoisotopic (exact) mass is 221 g/mol. The Balaban J connectivity index is 1.83. The van der Waals surface area contributed by atoms with E-state index in [9.17, 15) is 0 Å². The van der Waals surface area contributed by atoms with Crippen molar-refractivity contribution in [1.29, 1.82) is 0 Å². The van der Waals surface area contributed by atoms with Crippen LogP contribution in [0.25, 0.3) is 0 Å². The third kappa shape index (κ3) is 3.18. The second-order valence-corrected chi connectivity index (χ2v) is 4.25. The van der Waals surface area contributed by atoms with Crippen LogP contribution in [-0.2, 0) is 11.3 Å². The first-order valence-corrected chi connectivity index (χ1v) is 5.91. The molecule has 1 aliphatic rings. The summed E-state index contributed by atoms with van der Waals surface area (Å²) in [6.45, 7) is 0.584. The maximum Gasteiger partial charge on any atom is 0.0892 e. The number of hydrazine groups is 1. The number of aromatic nitrogens is 1. The summed E-state index contributed by atoms with van der Waals surface area (Å²) in [6, 6.07) is 3.76. The molecule has 1 aromatic heterocycles. The molecule has 0 atom stereocenters. The van der Waals surface area contributed by atoms with Gasteiger partial charge in [-0.2, -0.15) is 0 Å². The Labute approximate surface area is 96.2 Å². The highest BCUT2D eigenvalue weighted by molar-refractivity contribution is 5.41. The molecule has 1 saturated carbocycles. The van der Waals surface area contributed by atoms with E-state index >= 15 is 0 Å². The summed E-state index contributed by atoms with van der Waals surface area (Å²) >= 11 is 0. The molecule has 0 aliphatic heterocycles. The fraction of sp³-hybridized carbons (Fsp3) is 0.583. The van der Waals surface area contributed by atoms with Crippen LogP contribution in [0.1, 0.15) is 37.8 Å². The van der Waals surface area contributed by atoms with Crippen LogP contribution in [0.15, 0.2) is 18.3 Å². The highest BCUT2D eigenvalue weighted by atomic mass is 16.5. The number of nitrogens with zero attached hydrogens (tertiary/aromatic N) is 1. The number of nitrogens with two attached hydrogens (primary N) is 1. The van der Waals surface area contributed by atoms with Crippen LogP contribution in [0.5, 0.6) is 0 Å². The SMILES string of the molecule is NNc1ccnc(COC2CCCCC2)c1. The molecule has 4 heteroatoms. The lowest BCUT2D eigenvalue weighted by Crippen LogP contribution is -2.16. The molecule has 1 heterocycles. The van der Waals surface area contributed by atoms with Gasteiger partial charge in [0.1, 0.15) is 0 Å². The molecule has 0 spiro atoms. The number of ether oxygens (including phenoxy) is 1. The molecule has 0 amide bonds. The molecule has 2 rings (SSSR count). The zero-order valence-electron chi connectivity index (χ0n) is 9.48. The van der Waals surface area contributed by atoms with Gasteiger partial charge in [-0.05, 0) is 25.0 Å². The number of nitrogen functional groups attached to an aromatic ring is 1. The quantitative estimate of drug-likeness (QED) is 0.604. The van der Waals surface area contributed by atoms with Crippen molar-refractivity contribution < 1.29 is 4.74 Å². The normalized spacial score (nSPS) is 17.3. The zero-order valence-corrected chi connectivity index (χ0v) is 9.48. The summed E-state index contributed by atoms with van der Waals surface area (Å²) in [5, 5.41) is 0. The van der Waals surface area contributed by atoms with E-state index in [1.807, 2.05) is 12.1 Å². The van der Waals surface area contributed by atoms with Gasteiger partial charge < -0.3 is 10.2 Å². The van der Waals surface area contributed by atoms with Crippen molar-refractivity contribution in [3.05, 3.63) is 24.0 Å². The lowest BCUT2D eigenvalue weighted by molar-refractivity contribution is 0.0153. The van der Waals surface area contributed by atoms with E-state index in [0.717, 1.165) is 11.4 Å². The van der Waals surface area contributed by atoms with Crippen molar-refractivity contribution in [1.82, 2.24) is 4.98 Å². The molecule has 0 bridgehead atoms. The van der Waals surface area contributed by atoms with Gasteiger partial charge in [-0.1, -0.05) is 19.3 Å². The first-order chi connectivity index (χ1) is 7.88. The second kappa shape index (κ2) is 5.82. The topological polar surface area (TPSA) is 60.2 Å². The van der Waals surface area contributed by atoms with Crippen LogP contribution in [0, 0.1) is 0 Å². The van der Waals surface area contributed by atoms with Crippen molar-refractivity contribution >= 4 is 5.69 Å². The van der Waals surface area contributed by atoms with Crippen molar-refractivity contribution in [2.24, 2.45) is 5.84 Å². The Bertz CT molecular complexity index is 324. The van der Waals surface area contributed by atoms with Gasteiger partial charge in [-0.25, -0.2) is 0 Å². The molecule has 1 fully saturated rings. The van der Waals surface area contributed by atoms with Crippen molar-refractivity contribution in [3.63, 3.8) is 0 Å². The first-order valence-electron chi connectivity index (χ1n) is 5.91. The molecule has 0 radical (unpaired) electrons. The van der Waals surface area contributed by atoms with Crippen molar-refractivity contribution in [3.8, 4) is 0 Å². The lowest BCUT2D eigenvalue weighted by Gasteiger charge is -2.21. The molecule has 0 saturated heterocycles. The van der Waals surface area contributed by atoms with E-state index in [2.05, 4.69) is 10.4 Å². The van der Waals surface area contributed by atoms with E-state index in [1.165, 1.54) is 32.1 Å². The molecule has 88 valence electrons. The average molecular weight is 221 g/mol. The van der Waals surface area contributed by atoms with Crippen LogP contribution in [0.4, 0.5) is 5.69 Å². The molecule has 1 aromatic rings. The molecule has 16 heavy (non-hydrogen) atoms. The highest BCUT2D eigenvalue weighted by Gasteiger charge is 2.13. The molecular formula is C12H19N3O. The third-order valence-corrected chi connectivity index (χ3v) is 3.00.